The molecule has 6 heteroatoms. The molecule has 2 aromatic rings. The molecule has 2 N–H and O–H groups in total. The number of aromatic nitrogens is 1. The second-order valence-corrected chi connectivity index (χ2v) is 5.97. The number of fused-ring (bicyclic) bond motifs is 1. The molecule has 1 aromatic carbocycles. The van der Waals surface area contributed by atoms with Crippen LogP contribution in [0.15, 0.2) is 28.7 Å². The van der Waals surface area contributed by atoms with E-state index in [1.807, 2.05) is 24.3 Å². The summed E-state index contributed by atoms with van der Waals surface area (Å²) >= 11 is 0. The van der Waals surface area contributed by atoms with E-state index in [2.05, 4.69) is 9.88 Å². The Labute approximate surface area is 123 Å². The van der Waals surface area contributed by atoms with Crippen LogP contribution < -0.4 is 10.6 Å². The number of amides is 1. The zero-order valence-corrected chi connectivity index (χ0v) is 12.4. The number of nitrogens with zero attached hydrogens (tertiary/aromatic N) is 3. The number of benzene rings is 1. The van der Waals surface area contributed by atoms with Crippen molar-refractivity contribution in [1.82, 2.24) is 9.88 Å². The van der Waals surface area contributed by atoms with Crippen LogP contribution >= 0.6 is 0 Å². The molecule has 112 valence electrons. The standard InChI is InChI=1S/C15H20N4O2/c1-15(2,16)13(20)18-7-9-19(10-8-18)14-17-11-5-3-4-6-12(11)21-14/h3-6H,7-10,16H2,1-2H3. The molecular formula is C15H20N4O2. The summed E-state index contributed by atoms with van der Waals surface area (Å²) in [5, 5.41) is 0. The predicted molar refractivity (Wildman–Crippen MR) is 81.1 cm³/mol. The number of para-hydroxylation sites is 2. The van der Waals surface area contributed by atoms with Crippen LogP contribution in [0.3, 0.4) is 0 Å². The molecule has 1 fully saturated rings. The minimum atomic E-state index is -0.820. The maximum atomic E-state index is 12.1. The second kappa shape index (κ2) is 5.04. The summed E-state index contributed by atoms with van der Waals surface area (Å²) in [7, 11) is 0. The average molecular weight is 288 g/mol. The van der Waals surface area contributed by atoms with Crippen molar-refractivity contribution in [2.75, 3.05) is 31.1 Å². The van der Waals surface area contributed by atoms with Gasteiger partial charge in [-0.05, 0) is 26.0 Å². The van der Waals surface area contributed by atoms with Crippen molar-refractivity contribution in [2.24, 2.45) is 5.73 Å². The summed E-state index contributed by atoms with van der Waals surface area (Å²) in [5.41, 5.74) is 6.69. The van der Waals surface area contributed by atoms with Crippen molar-refractivity contribution < 1.29 is 9.21 Å². The van der Waals surface area contributed by atoms with Crippen LogP contribution in [0.25, 0.3) is 11.1 Å². The zero-order chi connectivity index (χ0) is 15.0. The molecule has 0 atom stereocenters. The number of carbonyl (C=O) groups excluding carboxylic acids is 1. The van der Waals surface area contributed by atoms with E-state index in [4.69, 9.17) is 10.2 Å². The Kier molecular flexibility index (Phi) is 3.33. The van der Waals surface area contributed by atoms with Crippen LogP contribution in [-0.2, 0) is 4.79 Å². The lowest BCUT2D eigenvalue weighted by atomic mass is 10.1. The van der Waals surface area contributed by atoms with Crippen LogP contribution in [0, 0.1) is 0 Å². The lowest BCUT2D eigenvalue weighted by Crippen LogP contribution is -2.57. The van der Waals surface area contributed by atoms with Gasteiger partial charge in [0, 0.05) is 26.2 Å². The molecule has 2 heterocycles. The largest absolute Gasteiger partial charge is 0.423 e. The summed E-state index contributed by atoms with van der Waals surface area (Å²) in [6.07, 6.45) is 0. The van der Waals surface area contributed by atoms with E-state index in [9.17, 15) is 4.79 Å². The third-order valence-corrected chi connectivity index (χ3v) is 3.67. The van der Waals surface area contributed by atoms with Gasteiger partial charge in [0.1, 0.15) is 5.52 Å². The number of carbonyl (C=O) groups is 1. The van der Waals surface area contributed by atoms with E-state index in [1.165, 1.54) is 0 Å². The average Bonchev–Trinajstić information content (AvgIpc) is 2.89. The van der Waals surface area contributed by atoms with E-state index >= 15 is 0 Å². The van der Waals surface area contributed by atoms with Gasteiger partial charge < -0.3 is 20.0 Å². The van der Waals surface area contributed by atoms with Crippen molar-refractivity contribution in [2.45, 2.75) is 19.4 Å². The first kappa shape index (κ1) is 13.9. The first-order chi connectivity index (χ1) is 9.95. The minimum Gasteiger partial charge on any atom is -0.423 e. The van der Waals surface area contributed by atoms with E-state index in [-0.39, 0.29) is 5.91 Å². The number of nitrogens with two attached hydrogens (primary N) is 1. The van der Waals surface area contributed by atoms with Gasteiger partial charge in [0.2, 0.25) is 5.91 Å². The van der Waals surface area contributed by atoms with E-state index in [0.717, 1.165) is 11.1 Å². The molecule has 1 aliphatic rings. The molecule has 1 saturated heterocycles. The Bertz CT molecular complexity index is 618. The molecule has 0 bridgehead atoms. The smallest absolute Gasteiger partial charge is 0.298 e. The van der Waals surface area contributed by atoms with Crippen molar-refractivity contribution in [3.05, 3.63) is 24.3 Å². The second-order valence-electron chi connectivity index (χ2n) is 5.97. The number of hydrogen-bond donors (Lipinski definition) is 1. The summed E-state index contributed by atoms with van der Waals surface area (Å²) in [5.74, 6) is -0.0142. The number of hydrogen-bond acceptors (Lipinski definition) is 5. The van der Waals surface area contributed by atoms with E-state index in [0.29, 0.717) is 32.2 Å². The normalized spacial score (nSPS) is 16.5. The maximum Gasteiger partial charge on any atom is 0.298 e. The Morgan fingerprint density at radius 1 is 1.24 bits per heavy atom. The lowest BCUT2D eigenvalue weighted by Gasteiger charge is -2.36. The molecule has 0 saturated carbocycles. The van der Waals surface area contributed by atoms with Crippen LogP contribution in [0.5, 0.6) is 0 Å². The summed E-state index contributed by atoms with van der Waals surface area (Å²) in [4.78, 5) is 20.5. The fourth-order valence-electron chi connectivity index (χ4n) is 2.50. The summed E-state index contributed by atoms with van der Waals surface area (Å²) < 4.78 is 5.76. The molecule has 1 aliphatic heterocycles. The first-order valence-electron chi connectivity index (χ1n) is 7.14. The van der Waals surface area contributed by atoms with Gasteiger partial charge in [-0.25, -0.2) is 0 Å². The Hall–Kier alpha value is -2.08. The molecular weight excluding hydrogens is 268 g/mol. The van der Waals surface area contributed by atoms with Crippen LogP contribution in [0.1, 0.15) is 13.8 Å². The van der Waals surface area contributed by atoms with Crippen LogP contribution in [0.2, 0.25) is 0 Å². The van der Waals surface area contributed by atoms with Crippen molar-refractivity contribution in [3.63, 3.8) is 0 Å². The topological polar surface area (TPSA) is 75.6 Å². The van der Waals surface area contributed by atoms with Crippen LogP contribution in [0.4, 0.5) is 6.01 Å². The third kappa shape index (κ3) is 2.71. The monoisotopic (exact) mass is 288 g/mol. The van der Waals surface area contributed by atoms with Gasteiger partial charge in [0.05, 0.1) is 5.54 Å². The summed E-state index contributed by atoms with van der Waals surface area (Å²) in [6, 6.07) is 8.32. The van der Waals surface area contributed by atoms with E-state index < -0.39 is 5.54 Å². The van der Waals surface area contributed by atoms with Gasteiger partial charge in [-0.2, -0.15) is 4.98 Å². The highest BCUT2D eigenvalue weighted by Gasteiger charge is 2.31. The number of rotatable bonds is 2. The van der Waals surface area contributed by atoms with Crippen LogP contribution in [-0.4, -0.2) is 47.5 Å². The molecule has 21 heavy (non-hydrogen) atoms. The molecule has 3 rings (SSSR count). The fourth-order valence-corrected chi connectivity index (χ4v) is 2.50. The lowest BCUT2D eigenvalue weighted by molar-refractivity contribution is -0.136. The first-order valence-corrected chi connectivity index (χ1v) is 7.14. The van der Waals surface area contributed by atoms with Gasteiger partial charge in [0.15, 0.2) is 5.58 Å². The zero-order valence-electron chi connectivity index (χ0n) is 12.4. The van der Waals surface area contributed by atoms with Gasteiger partial charge in [-0.1, -0.05) is 12.1 Å². The molecule has 1 aromatic heterocycles. The Morgan fingerprint density at radius 2 is 1.90 bits per heavy atom. The van der Waals surface area contributed by atoms with E-state index in [1.54, 1.807) is 18.7 Å². The summed E-state index contributed by atoms with van der Waals surface area (Å²) in [6.45, 7) is 6.16. The van der Waals surface area contributed by atoms with Crippen molar-refractivity contribution >= 4 is 23.0 Å². The molecule has 6 nitrogen and oxygen atoms in total. The minimum absolute atomic E-state index is 0.0142. The van der Waals surface area contributed by atoms with Gasteiger partial charge in [-0.15, -0.1) is 0 Å². The molecule has 0 aliphatic carbocycles. The van der Waals surface area contributed by atoms with Gasteiger partial charge in [-0.3, -0.25) is 4.79 Å². The molecule has 0 spiro atoms. The fraction of sp³-hybridized carbons (Fsp3) is 0.467. The Morgan fingerprint density at radius 3 is 2.52 bits per heavy atom. The number of anilines is 1. The highest BCUT2D eigenvalue weighted by atomic mass is 16.4. The van der Waals surface area contributed by atoms with Gasteiger partial charge in [0.25, 0.3) is 6.01 Å². The molecule has 1 amide bonds. The Balaban J connectivity index is 1.69. The predicted octanol–water partition coefficient (Wildman–Crippen LogP) is 1.21. The highest BCUT2D eigenvalue weighted by molar-refractivity contribution is 5.85. The maximum absolute atomic E-state index is 12.1. The van der Waals surface area contributed by atoms with Crippen molar-refractivity contribution in [1.29, 1.82) is 0 Å². The van der Waals surface area contributed by atoms with Crippen molar-refractivity contribution in [3.8, 4) is 0 Å². The number of oxazole rings is 1. The quantitative estimate of drug-likeness (QED) is 0.899. The highest BCUT2D eigenvalue weighted by Crippen LogP contribution is 2.22. The molecule has 0 unspecified atom stereocenters. The third-order valence-electron chi connectivity index (χ3n) is 3.67. The SMILES string of the molecule is CC(C)(N)C(=O)N1CCN(c2nc3ccccc3o2)CC1. The molecule has 0 radical (unpaired) electrons. The number of piperazine rings is 1. The van der Waals surface area contributed by atoms with Gasteiger partial charge >= 0.3 is 0 Å².